The van der Waals surface area contributed by atoms with Gasteiger partial charge in [0.05, 0.1) is 5.25 Å². The zero-order valence-electron chi connectivity index (χ0n) is 9.50. The molecule has 0 saturated carbocycles. The maximum absolute atomic E-state index is 12.1. The number of sulfone groups is 1. The summed E-state index contributed by atoms with van der Waals surface area (Å²) in [4.78, 5) is 1.28. The minimum Gasteiger partial charge on any atom is -0.448 e. The molecule has 0 bridgehead atoms. The van der Waals surface area contributed by atoms with E-state index in [4.69, 9.17) is 0 Å². The van der Waals surface area contributed by atoms with Crippen molar-refractivity contribution >= 4 is 16.8 Å². The van der Waals surface area contributed by atoms with Crippen molar-refractivity contribution in [2.24, 2.45) is 0 Å². The summed E-state index contributed by atoms with van der Waals surface area (Å²) in [7, 11) is -3.10. The van der Waals surface area contributed by atoms with Crippen LogP contribution in [0.15, 0.2) is 0 Å². The van der Waals surface area contributed by atoms with Gasteiger partial charge in [-0.15, -0.1) is 0 Å². The van der Waals surface area contributed by atoms with Crippen LogP contribution in [0.2, 0.25) is 0 Å². The minimum atomic E-state index is -4.80. The Bertz CT molecular complexity index is 314. The monoisotopic (exact) mass is 283 g/mol. The minimum absolute atomic E-state index is 0. The van der Waals surface area contributed by atoms with E-state index in [-0.39, 0.29) is 64.5 Å². The molecule has 0 aromatic carbocycles. The van der Waals surface area contributed by atoms with Gasteiger partial charge in [-0.25, -0.2) is 8.42 Å². The van der Waals surface area contributed by atoms with Crippen LogP contribution in [0.3, 0.4) is 0 Å². The largest absolute Gasteiger partial charge is 1.00 e. The van der Waals surface area contributed by atoms with E-state index in [1.54, 1.807) is 0 Å². The van der Waals surface area contributed by atoms with Gasteiger partial charge in [0.15, 0.2) is 0 Å². The Kier molecular flexibility index (Phi) is 7.11. The molecular weight excluding hydrogens is 269 g/mol. The Balaban J connectivity index is 0.00000225. The fourth-order valence-corrected chi connectivity index (χ4v) is 2.88. The summed E-state index contributed by atoms with van der Waals surface area (Å²) in [5.74, 6) is 0. The summed E-state index contributed by atoms with van der Waals surface area (Å²) in [6.07, 6.45) is 0.882. The molecular formula is C7H14BF3KNO2S. The van der Waals surface area contributed by atoms with E-state index in [9.17, 15) is 21.4 Å². The summed E-state index contributed by atoms with van der Waals surface area (Å²) in [5.41, 5.74) is 0. The molecule has 1 rings (SSSR count). The summed E-state index contributed by atoms with van der Waals surface area (Å²) in [6, 6.07) is 0. The predicted molar refractivity (Wildman–Crippen MR) is 53.4 cm³/mol. The van der Waals surface area contributed by atoms with Crippen molar-refractivity contribution in [2.75, 3.05) is 25.8 Å². The molecule has 0 N–H and O–H groups in total. The van der Waals surface area contributed by atoms with Gasteiger partial charge in [-0.2, -0.15) is 0 Å². The predicted octanol–water partition coefficient (Wildman–Crippen LogP) is -2.11. The Morgan fingerprint density at radius 1 is 1.25 bits per heavy atom. The van der Waals surface area contributed by atoms with Gasteiger partial charge in [-0.1, -0.05) is 0 Å². The molecule has 0 aliphatic carbocycles. The van der Waals surface area contributed by atoms with E-state index in [1.165, 1.54) is 4.90 Å². The molecule has 0 aromatic heterocycles. The quantitative estimate of drug-likeness (QED) is 0.556. The number of likely N-dealkylation sites (tertiary alicyclic amines) is 1. The summed E-state index contributed by atoms with van der Waals surface area (Å²) in [5, 5.41) is -0.463. The standard InChI is InChI=1S/C7H14BF3NO2S.K/c1-15(13,14)7-2-4-12(5-3-7)6-8(9,10)11;/h7H,2-6H2,1H3;/q-1;+1. The number of hydrogen-bond acceptors (Lipinski definition) is 3. The molecule has 1 aliphatic rings. The van der Waals surface area contributed by atoms with Gasteiger partial charge in [-0.05, 0) is 32.4 Å². The van der Waals surface area contributed by atoms with Crippen molar-refractivity contribution in [2.45, 2.75) is 18.1 Å². The van der Waals surface area contributed by atoms with Crippen LogP contribution in [0.5, 0.6) is 0 Å². The summed E-state index contributed by atoms with van der Waals surface area (Å²) in [6.45, 7) is -4.36. The zero-order valence-corrected chi connectivity index (χ0v) is 13.4. The van der Waals surface area contributed by atoms with E-state index in [0.29, 0.717) is 12.8 Å². The second-order valence-corrected chi connectivity index (χ2v) is 6.37. The molecule has 0 unspecified atom stereocenters. The Morgan fingerprint density at radius 3 is 2.00 bits per heavy atom. The first kappa shape index (κ1) is 17.4. The summed E-state index contributed by atoms with van der Waals surface area (Å²) >= 11 is 0. The number of nitrogens with zero attached hydrogens (tertiary/aromatic N) is 1. The Labute approximate surface area is 137 Å². The van der Waals surface area contributed by atoms with Crippen LogP contribution in [0.25, 0.3) is 0 Å². The van der Waals surface area contributed by atoms with Crippen molar-refractivity contribution in [1.29, 1.82) is 0 Å². The molecule has 0 amide bonds. The number of rotatable bonds is 3. The molecule has 9 heteroatoms. The first-order chi connectivity index (χ1) is 6.68. The zero-order chi connectivity index (χ0) is 11.7. The third-order valence-electron chi connectivity index (χ3n) is 2.61. The molecule has 90 valence electrons. The second kappa shape index (κ2) is 6.53. The molecule has 0 aromatic rings. The smallest absolute Gasteiger partial charge is 0.448 e. The van der Waals surface area contributed by atoms with Crippen LogP contribution >= 0.6 is 0 Å². The molecule has 1 aliphatic heterocycles. The van der Waals surface area contributed by atoms with Crippen LogP contribution in [0.4, 0.5) is 12.9 Å². The molecule has 1 saturated heterocycles. The van der Waals surface area contributed by atoms with Crippen molar-refractivity contribution in [1.82, 2.24) is 4.90 Å². The van der Waals surface area contributed by atoms with Gasteiger partial charge in [-0.3, -0.25) is 0 Å². The average molecular weight is 283 g/mol. The van der Waals surface area contributed by atoms with Gasteiger partial charge in [0.25, 0.3) is 0 Å². The molecule has 0 atom stereocenters. The molecule has 1 fully saturated rings. The van der Waals surface area contributed by atoms with Crippen molar-refractivity contribution in [3.05, 3.63) is 0 Å². The Morgan fingerprint density at radius 2 is 1.69 bits per heavy atom. The van der Waals surface area contributed by atoms with Gasteiger partial charge in [0, 0.05) is 6.26 Å². The van der Waals surface area contributed by atoms with E-state index < -0.39 is 28.5 Å². The maximum atomic E-state index is 12.1. The van der Waals surface area contributed by atoms with Gasteiger partial charge < -0.3 is 17.8 Å². The molecule has 0 radical (unpaired) electrons. The number of piperidine rings is 1. The fraction of sp³-hybridized carbons (Fsp3) is 1.00. The van der Waals surface area contributed by atoms with Crippen LogP contribution in [0, 0.1) is 0 Å². The van der Waals surface area contributed by atoms with E-state index in [2.05, 4.69) is 0 Å². The van der Waals surface area contributed by atoms with Crippen LogP contribution in [-0.2, 0) is 9.84 Å². The third-order valence-corrected chi connectivity index (χ3v) is 4.29. The number of halogens is 3. The normalized spacial score (nSPS) is 20.5. The van der Waals surface area contributed by atoms with E-state index in [0.717, 1.165) is 6.26 Å². The van der Waals surface area contributed by atoms with Crippen molar-refractivity contribution in [3.8, 4) is 0 Å². The van der Waals surface area contributed by atoms with Gasteiger partial charge in [0.1, 0.15) is 9.84 Å². The van der Waals surface area contributed by atoms with Gasteiger partial charge >= 0.3 is 58.4 Å². The van der Waals surface area contributed by atoms with E-state index >= 15 is 0 Å². The summed E-state index contributed by atoms with van der Waals surface area (Å²) < 4.78 is 58.5. The topological polar surface area (TPSA) is 37.4 Å². The molecule has 16 heavy (non-hydrogen) atoms. The number of hydrogen-bond donors (Lipinski definition) is 0. The maximum Gasteiger partial charge on any atom is 1.00 e. The SMILES string of the molecule is CS(=O)(=O)C1CCN(C[B-](F)(F)F)CC1.[K+]. The average Bonchev–Trinajstić information content (AvgIpc) is 2.00. The third kappa shape index (κ3) is 6.37. The second-order valence-electron chi connectivity index (χ2n) is 4.04. The molecule has 3 nitrogen and oxygen atoms in total. The molecule has 1 heterocycles. The first-order valence-electron chi connectivity index (χ1n) is 4.81. The van der Waals surface area contributed by atoms with Crippen LogP contribution in [0.1, 0.15) is 12.8 Å². The van der Waals surface area contributed by atoms with Crippen LogP contribution < -0.4 is 51.4 Å². The van der Waals surface area contributed by atoms with Gasteiger partial charge in [0.2, 0.25) is 0 Å². The van der Waals surface area contributed by atoms with E-state index in [1.807, 2.05) is 0 Å². The first-order valence-corrected chi connectivity index (χ1v) is 6.76. The van der Waals surface area contributed by atoms with Crippen LogP contribution in [-0.4, -0.2) is 51.3 Å². The fourth-order valence-electron chi connectivity index (χ4n) is 1.81. The molecule has 0 spiro atoms. The Hall–Kier alpha value is 1.40. The van der Waals surface area contributed by atoms with Crippen molar-refractivity contribution in [3.63, 3.8) is 0 Å². The van der Waals surface area contributed by atoms with Crippen molar-refractivity contribution < 1.29 is 72.7 Å².